The highest BCUT2D eigenvalue weighted by Crippen LogP contribution is 2.50. The Morgan fingerprint density at radius 3 is 2.26 bits per heavy atom. The van der Waals surface area contributed by atoms with Gasteiger partial charge in [0.2, 0.25) is 0 Å². The first-order valence-electron chi connectivity index (χ1n) is 8.35. The van der Waals surface area contributed by atoms with Crippen LogP contribution < -0.4 is 4.74 Å². The van der Waals surface area contributed by atoms with Crippen LogP contribution in [0.15, 0.2) is 48.5 Å². The van der Waals surface area contributed by atoms with Gasteiger partial charge in [0.1, 0.15) is 11.4 Å². The van der Waals surface area contributed by atoms with Crippen LogP contribution in [0.25, 0.3) is 0 Å². The van der Waals surface area contributed by atoms with Crippen LogP contribution in [0.1, 0.15) is 23.6 Å². The summed E-state index contributed by atoms with van der Waals surface area (Å²) >= 11 is 0. The minimum absolute atomic E-state index is 0.352. The Balaban J connectivity index is 2.07. The molecule has 4 nitrogen and oxygen atoms in total. The number of likely N-dealkylation sites (tertiary alicyclic amines) is 1. The topological polar surface area (TPSA) is 56.5 Å². The third-order valence-corrected chi connectivity index (χ3v) is 5.03. The van der Waals surface area contributed by atoms with Crippen molar-refractivity contribution in [3.63, 3.8) is 0 Å². The summed E-state index contributed by atoms with van der Waals surface area (Å²) in [6.45, 7) is 3.12. The van der Waals surface area contributed by atoms with Crippen molar-refractivity contribution in [2.75, 3.05) is 20.1 Å². The van der Waals surface area contributed by atoms with E-state index >= 15 is 0 Å². The second-order valence-corrected chi connectivity index (χ2v) is 7.21. The Morgan fingerprint density at radius 2 is 1.74 bits per heavy atom. The van der Waals surface area contributed by atoms with Crippen molar-refractivity contribution in [2.45, 2.75) is 18.9 Å². The fraction of sp³-hybridized carbons (Fsp3) is 0.350. The summed E-state index contributed by atoms with van der Waals surface area (Å²) in [5, 5.41) is 21.0. The normalized spacial score (nSPS) is 18.9. The quantitative estimate of drug-likeness (QED) is 0.885. The van der Waals surface area contributed by atoms with Crippen molar-refractivity contribution in [2.24, 2.45) is 5.41 Å². The summed E-state index contributed by atoms with van der Waals surface area (Å²) in [6.07, 6.45) is -4.78. The number of nitriles is 1. The maximum atomic E-state index is 12.4. The number of hydrogen-bond acceptors (Lipinski definition) is 4. The molecule has 1 aliphatic rings. The average molecular weight is 376 g/mol. The van der Waals surface area contributed by atoms with Crippen molar-refractivity contribution in [3.8, 4) is 11.8 Å². The van der Waals surface area contributed by atoms with Crippen LogP contribution in [-0.2, 0) is 5.60 Å². The maximum Gasteiger partial charge on any atom is 0.573 e. The zero-order valence-corrected chi connectivity index (χ0v) is 14.9. The van der Waals surface area contributed by atoms with Gasteiger partial charge in [0.15, 0.2) is 0 Å². The lowest BCUT2D eigenvalue weighted by molar-refractivity contribution is -0.274. The molecule has 2 aromatic rings. The van der Waals surface area contributed by atoms with E-state index in [1.807, 2.05) is 18.9 Å². The average Bonchev–Trinajstić information content (AvgIpc) is 2.59. The maximum absolute atomic E-state index is 12.4. The second-order valence-electron chi connectivity index (χ2n) is 7.21. The minimum Gasteiger partial charge on any atom is -0.406 e. The summed E-state index contributed by atoms with van der Waals surface area (Å²) in [6, 6.07) is 14.0. The highest BCUT2D eigenvalue weighted by atomic mass is 19.4. The largest absolute Gasteiger partial charge is 0.573 e. The van der Waals surface area contributed by atoms with E-state index in [0.717, 1.165) is 0 Å². The van der Waals surface area contributed by atoms with Crippen molar-refractivity contribution in [1.82, 2.24) is 4.90 Å². The summed E-state index contributed by atoms with van der Waals surface area (Å²) < 4.78 is 41.2. The van der Waals surface area contributed by atoms with Crippen molar-refractivity contribution in [3.05, 3.63) is 65.2 Å². The number of halogens is 3. The molecule has 0 unspecified atom stereocenters. The lowest BCUT2D eigenvalue weighted by Gasteiger charge is -2.56. The highest BCUT2D eigenvalue weighted by molar-refractivity contribution is 5.45. The first kappa shape index (κ1) is 19.2. The Kier molecular flexibility index (Phi) is 4.66. The molecule has 0 bridgehead atoms. The van der Waals surface area contributed by atoms with E-state index in [0.29, 0.717) is 29.8 Å². The van der Waals surface area contributed by atoms with Crippen LogP contribution in [0.5, 0.6) is 5.75 Å². The molecule has 0 saturated carbocycles. The first-order valence-corrected chi connectivity index (χ1v) is 8.35. The summed E-state index contributed by atoms with van der Waals surface area (Å²) in [7, 11) is 1.92. The number of alkyl halides is 3. The van der Waals surface area contributed by atoms with E-state index in [1.165, 1.54) is 24.3 Å². The number of nitrogens with zero attached hydrogens (tertiary/aromatic N) is 2. The van der Waals surface area contributed by atoms with Crippen LogP contribution in [-0.4, -0.2) is 36.5 Å². The molecule has 1 N–H and O–H groups in total. The lowest BCUT2D eigenvalue weighted by atomic mass is 9.62. The fourth-order valence-corrected chi connectivity index (χ4v) is 3.95. The van der Waals surface area contributed by atoms with E-state index in [2.05, 4.69) is 10.8 Å². The molecule has 142 valence electrons. The number of ether oxygens (including phenoxy) is 1. The molecular weight excluding hydrogens is 357 g/mol. The van der Waals surface area contributed by atoms with Crippen molar-refractivity contribution < 1.29 is 23.0 Å². The molecule has 1 fully saturated rings. The molecule has 0 amide bonds. The van der Waals surface area contributed by atoms with Crippen LogP contribution in [0, 0.1) is 16.7 Å². The molecule has 2 aromatic carbocycles. The zero-order valence-electron chi connectivity index (χ0n) is 14.9. The minimum atomic E-state index is -4.78. The van der Waals surface area contributed by atoms with E-state index in [9.17, 15) is 23.5 Å². The third-order valence-electron chi connectivity index (χ3n) is 5.03. The lowest BCUT2D eigenvalue weighted by Crippen LogP contribution is -2.63. The Bertz CT molecular complexity index is 868. The third kappa shape index (κ3) is 3.51. The Morgan fingerprint density at radius 1 is 1.11 bits per heavy atom. The molecule has 1 heterocycles. The van der Waals surface area contributed by atoms with Gasteiger partial charge in [0, 0.05) is 18.5 Å². The molecule has 0 aromatic heterocycles. The number of aliphatic hydroxyl groups is 1. The number of rotatable bonds is 4. The van der Waals surface area contributed by atoms with Crippen LogP contribution in [0.4, 0.5) is 13.2 Å². The molecule has 1 aliphatic heterocycles. The summed E-state index contributed by atoms with van der Waals surface area (Å²) in [5.41, 5.74) is -0.658. The summed E-state index contributed by atoms with van der Waals surface area (Å²) in [4.78, 5) is 2.04. The van der Waals surface area contributed by atoms with Gasteiger partial charge in [0.05, 0.1) is 11.6 Å². The predicted octanol–water partition coefficient (Wildman–Crippen LogP) is 3.64. The van der Waals surface area contributed by atoms with Gasteiger partial charge in [-0.1, -0.05) is 31.2 Å². The molecule has 7 heteroatoms. The SMILES string of the molecule is CN1CC(C)([C@](O)(c2ccc(OC(F)(F)F)cc2)c2cccc(C#N)c2)C1. The van der Waals surface area contributed by atoms with Gasteiger partial charge in [-0.3, -0.25) is 0 Å². The van der Waals surface area contributed by atoms with Gasteiger partial charge < -0.3 is 14.7 Å². The van der Waals surface area contributed by atoms with Crippen LogP contribution in [0.2, 0.25) is 0 Å². The van der Waals surface area contributed by atoms with Gasteiger partial charge in [-0.05, 0) is 42.4 Å². The second kappa shape index (κ2) is 6.55. The zero-order chi connectivity index (χ0) is 19.9. The van der Waals surface area contributed by atoms with E-state index in [1.54, 1.807) is 24.3 Å². The van der Waals surface area contributed by atoms with Gasteiger partial charge in [-0.2, -0.15) is 5.26 Å². The Labute approximate surface area is 155 Å². The van der Waals surface area contributed by atoms with E-state index in [4.69, 9.17) is 0 Å². The molecule has 1 saturated heterocycles. The molecular formula is C20H19F3N2O2. The monoisotopic (exact) mass is 376 g/mol. The summed E-state index contributed by atoms with van der Waals surface area (Å²) in [5.74, 6) is -0.352. The first-order chi connectivity index (χ1) is 12.6. The Hall–Kier alpha value is -2.56. The van der Waals surface area contributed by atoms with Gasteiger partial charge in [0.25, 0.3) is 0 Å². The number of benzene rings is 2. The van der Waals surface area contributed by atoms with Crippen LogP contribution >= 0.6 is 0 Å². The highest BCUT2D eigenvalue weighted by Gasteiger charge is 2.55. The number of hydrogen-bond donors (Lipinski definition) is 1. The molecule has 3 rings (SSSR count). The van der Waals surface area contributed by atoms with Crippen molar-refractivity contribution >= 4 is 0 Å². The smallest absolute Gasteiger partial charge is 0.406 e. The van der Waals surface area contributed by atoms with Crippen LogP contribution in [0.3, 0.4) is 0 Å². The predicted molar refractivity (Wildman–Crippen MR) is 92.9 cm³/mol. The fourth-order valence-electron chi connectivity index (χ4n) is 3.95. The molecule has 27 heavy (non-hydrogen) atoms. The van der Waals surface area contributed by atoms with E-state index in [-0.39, 0.29) is 5.75 Å². The van der Waals surface area contributed by atoms with Gasteiger partial charge in [-0.25, -0.2) is 0 Å². The molecule has 0 radical (unpaired) electrons. The standard InChI is InChI=1S/C20H19F3N2O2/c1-18(12-25(2)13-18)19(26,16-5-3-4-14(10-16)11-24)15-6-8-17(9-7-15)27-20(21,22)23/h3-10,26H,12-13H2,1-2H3/t19-/m0/s1. The van der Waals surface area contributed by atoms with Crippen molar-refractivity contribution in [1.29, 1.82) is 5.26 Å². The van der Waals surface area contributed by atoms with Gasteiger partial charge in [-0.15, -0.1) is 13.2 Å². The van der Waals surface area contributed by atoms with Gasteiger partial charge >= 0.3 is 6.36 Å². The molecule has 0 spiro atoms. The van der Waals surface area contributed by atoms with E-state index < -0.39 is 17.4 Å². The molecule has 1 atom stereocenters. The molecule has 0 aliphatic carbocycles.